The summed E-state index contributed by atoms with van der Waals surface area (Å²) in [6, 6.07) is 15.2. The molecule has 7 heteroatoms. The Balaban J connectivity index is 1.51. The summed E-state index contributed by atoms with van der Waals surface area (Å²) < 4.78 is 1.40. The number of nitrogens with one attached hydrogen (secondary N) is 1. The van der Waals surface area contributed by atoms with Crippen molar-refractivity contribution in [1.82, 2.24) is 15.1 Å². The van der Waals surface area contributed by atoms with Gasteiger partial charge >= 0.3 is 0 Å². The van der Waals surface area contributed by atoms with Crippen molar-refractivity contribution in [1.29, 1.82) is 0 Å². The molecule has 146 valence electrons. The first-order valence-electron chi connectivity index (χ1n) is 9.15. The Kier molecular flexibility index (Phi) is 7.06. The fourth-order valence-electron chi connectivity index (χ4n) is 2.67. The van der Waals surface area contributed by atoms with Crippen LogP contribution in [0.25, 0.3) is 10.6 Å². The van der Waals surface area contributed by atoms with Gasteiger partial charge in [-0.2, -0.15) is 5.10 Å². The third kappa shape index (κ3) is 5.81. The Labute approximate surface area is 172 Å². The van der Waals surface area contributed by atoms with E-state index >= 15 is 0 Å². The summed E-state index contributed by atoms with van der Waals surface area (Å²) >= 11 is 3.38. The summed E-state index contributed by atoms with van der Waals surface area (Å²) in [5, 5.41) is 9.76. The lowest BCUT2D eigenvalue weighted by Gasteiger charge is -2.09. The molecule has 0 unspecified atom stereocenters. The highest BCUT2D eigenvalue weighted by molar-refractivity contribution is 7.99. The maximum atomic E-state index is 12.2. The maximum Gasteiger partial charge on any atom is 0.266 e. The van der Waals surface area contributed by atoms with Crippen LogP contribution in [-0.2, 0) is 17.8 Å². The summed E-state index contributed by atoms with van der Waals surface area (Å²) in [5.74, 6) is -0.0632. The summed E-state index contributed by atoms with van der Waals surface area (Å²) in [5.41, 5.74) is 1.56. The van der Waals surface area contributed by atoms with Gasteiger partial charge in [-0.05, 0) is 35.2 Å². The number of thiophene rings is 1. The molecule has 0 aliphatic carbocycles. The van der Waals surface area contributed by atoms with E-state index in [1.807, 2.05) is 41.8 Å². The van der Waals surface area contributed by atoms with Crippen LogP contribution in [0.1, 0.15) is 19.4 Å². The minimum absolute atomic E-state index is 0.0632. The van der Waals surface area contributed by atoms with Crippen molar-refractivity contribution in [2.75, 3.05) is 6.54 Å². The van der Waals surface area contributed by atoms with E-state index in [4.69, 9.17) is 0 Å². The number of rotatable bonds is 8. The highest BCUT2D eigenvalue weighted by Crippen LogP contribution is 2.23. The monoisotopic (exact) mass is 413 g/mol. The Morgan fingerprint density at radius 2 is 1.96 bits per heavy atom. The smallest absolute Gasteiger partial charge is 0.266 e. The molecule has 2 aromatic heterocycles. The number of hydrogen-bond donors (Lipinski definition) is 1. The Morgan fingerprint density at radius 3 is 2.64 bits per heavy atom. The van der Waals surface area contributed by atoms with Gasteiger partial charge in [-0.3, -0.25) is 9.59 Å². The van der Waals surface area contributed by atoms with Crippen LogP contribution in [0.3, 0.4) is 0 Å². The van der Waals surface area contributed by atoms with Crippen molar-refractivity contribution in [3.8, 4) is 10.6 Å². The van der Waals surface area contributed by atoms with Crippen LogP contribution in [0.15, 0.2) is 63.6 Å². The highest BCUT2D eigenvalue weighted by atomic mass is 32.2. The fourth-order valence-corrected chi connectivity index (χ4v) is 4.20. The quantitative estimate of drug-likeness (QED) is 0.570. The number of thioether (sulfide) groups is 1. The third-order valence-electron chi connectivity index (χ3n) is 3.95. The van der Waals surface area contributed by atoms with Crippen molar-refractivity contribution in [2.45, 2.75) is 37.0 Å². The summed E-state index contributed by atoms with van der Waals surface area (Å²) in [4.78, 5) is 26.4. The molecule has 28 heavy (non-hydrogen) atoms. The molecular formula is C21H23N3O2S2. The second-order valence-electron chi connectivity index (χ2n) is 6.59. The molecule has 5 nitrogen and oxygen atoms in total. The zero-order chi connectivity index (χ0) is 19.9. The standard InChI is InChI=1S/C21H23N3O2S2/c1-15(2)28-17-7-5-16(6-8-17)14-20(25)22-11-12-24-21(26)10-9-18(23-24)19-4-3-13-27-19/h3-10,13,15H,11-12,14H2,1-2H3,(H,22,25). The Morgan fingerprint density at radius 1 is 1.18 bits per heavy atom. The lowest BCUT2D eigenvalue weighted by atomic mass is 10.1. The number of aromatic nitrogens is 2. The second-order valence-corrected chi connectivity index (χ2v) is 9.19. The van der Waals surface area contributed by atoms with E-state index < -0.39 is 0 Å². The minimum atomic E-state index is -0.173. The highest BCUT2D eigenvalue weighted by Gasteiger charge is 2.07. The first-order valence-corrected chi connectivity index (χ1v) is 10.9. The zero-order valence-corrected chi connectivity index (χ0v) is 17.6. The third-order valence-corrected chi connectivity index (χ3v) is 5.85. The van der Waals surface area contributed by atoms with Crippen molar-refractivity contribution >= 4 is 29.0 Å². The molecule has 3 aromatic rings. The van der Waals surface area contributed by atoms with Gasteiger partial charge in [0.05, 0.1) is 17.8 Å². The number of hydrogen-bond acceptors (Lipinski definition) is 5. The number of carbonyl (C=O) groups excluding carboxylic acids is 1. The summed E-state index contributed by atoms with van der Waals surface area (Å²) in [6.07, 6.45) is 0.324. The lowest BCUT2D eigenvalue weighted by Crippen LogP contribution is -2.32. The number of amides is 1. The van der Waals surface area contributed by atoms with E-state index in [-0.39, 0.29) is 11.5 Å². The van der Waals surface area contributed by atoms with Crippen LogP contribution in [0.4, 0.5) is 0 Å². The Hall–Kier alpha value is -2.38. The zero-order valence-electron chi connectivity index (χ0n) is 15.9. The van der Waals surface area contributed by atoms with Gasteiger partial charge in [0, 0.05) is 22.8 Å². The molecule has 0 atom stereocenters. The molecule has 0 saturated carbocycles. The van der Waals surface area contributed by atoms with E-state index in [9.17, 15) is 9.59 Å². The molecule has 0 aliphatic heterocycles. The van der Waals surface area contributed by atoms with E-state index in [2.05, 4.69) is 24.3 Å². The van der Waals surface area contributed by atoms with Crippen LogP contribution in [-0.4, -0.2) is 27.5 Å². The average molecular weight is 414 g/mol. The van der Waals surface area contributed by atoms with Gasteiger partial charge in [0.1, 0.15) is 5.69 Å². The van der Waals surface area contributed by atoms with E-state index in [1.165, 1.54) is 15.6 Å². The topological polar surface area (TPSA) is 64.0 Å². The van der Waals surface area contributed by atoms with E-state index in [1.54, 1.807) is 29.2 Å². The molecule has 1 aromatic carbocycles. The maximum absolute atomic E-state index is 12.2. The van der Waals surface area contributed by atoms with Crippen molar-refractivity contribution in [2.24, 2.45) is 0 Å². The first-order chi connectivity index (χ1) is 13.5. The summed E-state index contributed by atoms with van der Waals surface area (Å²) in [6.45, 7) is 5.01. The van der Waals surface area contributed by atoms with Gasteiger partial charge in [0.25, 0.3) is 5.56 Å². The van der Waals surface area contributed by atoms with Crippen LogP contribution in [0, 0.1) is 0 Å². The molecule has 0 aliphatic rings. The molecule has 0 bridgehead atoms. The Bertz CT molecular complexity index is 964. The van der Waals surface area contributed by atoms with Gasteiger partial charge in [-0.15, -0.1) is 23.1 Å². The van der Waals surface area contributed by atoms with Gasteiger partial charge in [0.15, 0.2) is 0 Å². The number of carbonyl (C=O) groups is 1. The molecule has 1 N–H and O–H groups in total. The molecule has 0 fully saturated rings. The fraction of sp³-hybridized carbons (Fsp3) is 0.286. The van der Waals surface area contributed by atoms with Gasteiger partial charge in [-0.25, -0.2) is 4.68 Å². The second kappa shape index (κ2) is 9.71. The lowest BCUT2D eigenvalue weighted by molar-refractivity contribution is -0.120. The van der Waals surface area contributed by atoms with Crippen LogP contribution in [0.2, 0.25) is 0 Å². The predicted octanol–water partition coefficient (Wildman–Crippen LogP) is 3.83. The van der Waals surface area contributed by atoms with Crippen LogP contribution < -0.4 is 10.9 Å². The average Bonchev–Trinajstić information content (AvgIpc) is 3.19. The SMILES string of the molecule is CC(C)Sc1ccc(CC(=O)NCCn2nc(-c3cccs3)ccc2=O)cc1. The normalized spacial score (nSPS) is 11.0. The van der Waals surface area contributed by atoms with Crippen LogP contribution >= 0.6 is 23.1 Å². The van der Waals surface area contributed by atoms with Gasteiger partial charge < -0.3 is 5.32 Å². The van der Waals surface area contributed by atoms with Gasteiger partial charge in [-0.1, -0.05) is 32.0 Å². The van der Waals surface area contributed by atoms with Crippen molar-refractivity contribution in [3.63, 3.8) is 0 Å². The largest absolute Gasteiger partial charge is 0.354 e. The molecule has 2 heterocycles. The molecule has 0 saturated heterocycles. The van der Waals surface area contributed by atoms with Crippen molar-refractivity contribution < 1.29 is 4.79 Å². The predicted molar refractivity (Wildman–Crippen MR) is 116 cm³/mol. The van der Waals surface area contributed by atoms with Crippen LogP contribution in [0.5, 0.6) is 0 Å². The van der Waals surface area contributed by atoms with E-state index in [0.29, 0.717) is 24.8 Å². The molecular weight excluding hydrogens is 390 g/mol. The molecule has 0 radical (unpaired) electrons. The molecule has 0 spiro atoms. The minimum Gasteiger partial charge on any atom is -0.354 e. The van der Waals surface area contributed by atoms with Gasteiger partial charge in [0.2, 0.25) is 5.91 Å². The molecule has 3 rings (SSSR count). The first kappa shape index (κ1) is 20.4. The molecule has 1 amide bonds. The number of benzene rings is 1. The summed E-state index contributed by atoms with van der Waals surface area (Å²) in [7, 11) is 0. The number of nitrogens with zero attached hydrogens (tertiary/aromatic N) is 2. The van der Waals surface area contributed by atoms with Crippen molar-refractivity contribution in [3.05, 3.63) is 69.8 Å². The van der Waals surface area contributed by atoms with E-state index in [0.717, 1.165) is 16.1 Å².